The van der Waals surface area contributed by atoms with Gasteiger partial charge in [-0.1, -0.05) is 0 Å². The van der Waals surface area contributed by atoms with E-state index < -0.39 is 0 Å². The fourth-order valence-electron chi connectivity index (χ4n) is 2.38. The largest absolute Gasteiger partial charge is 0.495 e. The number of piperazine rings is 1. The minimum absolute atomic E-state index is 0.144. The molecule has 1 fully saturated rings. The summed E-state index contributed by atoms with van der Waals surface area (Å²) < 4.78 is 5.30. The average Bonchev–Trinajstić information content (AvgIpc) is 2.41. The van der Waals surface area contributed by atoms with Crippen molar-refractivity contribution in [2.24, 2.45) is 0 Å². The van der Waals surface area contributed by atoms with E-state index in [1.54, 1.807) is 14.0 Å². The van der Waals surface area contributed by atoms with Crippen LogP contribution in [0, 0.1) is 6.92 Å². The number of hydrogen-bond acceptors (Lipinski definition) is 4. The molecule has 19 heavy (non-hydrogen) atoms. The van der Waals surface area contributed by atoms with Gasteiger partial charge in [0.25, 0.3) is 0 Å². The van der Waals surface area contributed by atoms with Gasteiger partial charge in [0.15, 0.2) is 0 Å². The van der Waals surface area contributed by atoms with Crippen LogP contribution in [0.25, 0.3) is 0 Å². The molecule has 2 N–H and O–H groups in total. The smallest absolute Gasteiger partial charge is 0.219 e. The number of carbonyl (C=O) groups is 1. The Hall–Kier alpha value is -1.91. The van der Waals surface area contributed by atoms with Crippen molar-refractivity contribution in [1.29, 1.82) is 0 Å². The number of amides is 1. The van der Waals surface area contributed by atoms with Gasteiger partial charge in [-0.25, -0.2) is 0 Å². The van der Waals surface area contributed by atoms with Crippen LogP contribution < -0.4 is 15.4 Å². The molecule has 1 saturated heterocycles. The van der Waals surface area contributed by atoms with Crippen LogP contribution in [0.4, 0.5) is 11.4 Å². The predicted molar refractivity (Wildman–Crippen MR) is 76.6 cm³/mol. The van der Waals surface area contributed by atoms with Gasteiger partial charge >= 0.3 is 0 Å². The van der Waals surface area contributed by atoms with E-state index in [0.29, 0.717) is 11.4 Å². The molecule has 1 aliphatic heterocycles. The molecule has 0 radical (unpaired) electrons. The van der Waals surface area contributed by atoms with E-state index in [4.69, 9.17) is 10.5 Å². The number of aryl methyl sites for hydroxylation is 1. The zero-order valence-electron chi connectivity index (χ0n) is 11.8. The van der Waals surface area contributed by atoms with Gasteiger partial charge in [0.1, 0.15) is 5.75 Å². The van der Waals surface area contributed by atoms with Crippen LogP contribution in [0.1, 0.15) is 12.5 Å². The van der Waals surface area contributed by atoms with Gasteiger partial charge in [-0.2, -0.15) is 0 Å². The molecule has 5 nitrogen and oxygen atoms in total. The Bertz CT molecular complexity index is 480. The fraction of sp³-hybridized carbons (Fsp3) is 0.500. The number of methoxy groups -OCH3 is 1. The number of benzene rings is 1. The van der Waals surface area contributed by atoms with Crippen LogP contribution in [0.5, 0.6) is 5.75 Å². The predicted octanol–water partition coefficient (Wildman–Crippen LogP) is 1.25. The highest BCUT2D eigenvalue weighted by atomic mass is 16.5. The number of ether oxygens (including phenoxy) is 1. The zero-order chi connectivity index (χ0) is 14.0. The third-order valence-corrected chi connectivity index (χ3v) is 3.64. The van der Waals surface area contributed by atoms with Crippen molar-refractivity contribution in [1.82, 2.24) is 4.90 Å². The maximum absolute atomic E-state index is 11.3. The Labute approximate surface area is 113 Å². The standard InChI is InChI=1S/C14H21N3O2/c1-10-8-12(9-13(19-3)14(10)15)17-6-4-16(5-7-17)11(2)18/h8-9H,4-7,15H2,1-3H3. The van der Waals surface area contributed by atoms with E-state index in [1.807, 2.05) is 17.9 Å². The van der Waals surface area contributed by atoms with Crippen LogP contribution in [-0.2, 0) is 4.79 Å². The number of nitrogen functional groups attached to an aromatic ring is 1. The molecule has 0 atom stereocenters. The Morgan fingerprint density at radius 3 is 2.42 bits per heavy atom. The summed E-state index contributed by atoms with van der Waals surface area (Å²) >= 11 is 0. The molecule has 1 aromatic carbocycles. The highest BCUT2D eigenvalue weighted by molar-refractivity contribution is 5.74. The van der Waals surface area contributed by atoms with E-state index >= 15 is 0 Å². The number of anilines is 2. The zero-order valence-corrected chi connectivity index (χ0v) is 11.8. The highest BCUT2D eigenvalue weighted by Crippen LogP contribution is 2.31. The van der Waals surface area contributed by atoms with Gasteiger partial charge < -0.3 is 20.3 Å². The Kier molecular flexibility index (Phi) is 3.83. The molecule has 1 aliphatic rings. The quantitative estimate of drug-likeness (QED) is 0.816. The lowest BCUT2D eigenvalue weighted by atomic mass is 10.1. The summed E-state index contributed by atoms with van der Waals surface area (Å²) in [5.41, 5.74) is 8.77. The summed E-state index contributed by atoms with van der Waals surface area (Å²) in [6, 6.07) is 4.03. The fourth-order valence-corrected chi connectivity index (χ4v) is 2.38. The summed E-state index contributed by atoms with van der Waals surface area (Å²) in [7, 11) is 1.63. The molecule has 1 heterocycles. The Balaban J connectivity index is 2.15. The van der Waals surface area contributed by atoms with Crippen molar-refractivity contribution in [2.45, 2.75) is 13.8 Å². The minimum atomic E-state index is 0.144. The SMILES string of the molecule is COc1cc(N2CCN(C(C)=O)CC2)cc(C)c1N. The van der Waals surface area contributed by atoms with Crippen molar-refractivity contribution < 1.29 is 9.53 Å². The van der Waals surface area contributed by atoms with Crippen LogP contribution in [0.3, 0.4) is 0 Å². The van der Waals surface area contributed by atoms with Gasteiger partial charge in [-0.3, -0.25) is 4.79 Å². The van der Waals surface area contributed by atoms with Crippen molar-refractivity contribution in [3.05, 3.63) is 17.7 Å². The van der Waals surface area contributed by atoms with Gasteiger partial charge in [0.05, 0.1) is 12.8 Å². The van der Waals surface area contributed by atoms with Crippen LogP contribution in [0.2, 0.25) is 0 Å². The first-order valence-electron chi connectivity index (χ1n) is 6.47. The third-order valence-electron chi connectivity index (χ3n) is 3.64. The number of nitrogens with two attached hydrogens (primary N) is 1. The highest BCUT2D eigenvalue weighted by Gasteiger charge is 2.20. The number of nitrogens with zero attached hydrogens (tertiary/aromatic N) is 2. The molecule has 104 valence electrons. The second-order valence-electron chi connectivity index (χ2n) is 4.87. The van der Waals surface area contributed by atoms with E-state index in [9.17, 15) is 4.79 Å². The minimum Gasteiger partial charge on any atom is -0.495 e. The van der Waals surface area contributed by atoms with Gasteiger partial charge in [0, 0.05) is 44.9 Å². The molecule has 1 aromatic rings. The molecule has 2 rings (SSSR count). The van der Waals surface area contributed by atoms with Gasteiger partial charge in [-0.05, 0) is 18.6 Å². The summed E-state index contributed by atoms with van der Waals surface area (Å²) in [5.74, 6) is 0.856. The molecule has 0 aromatic heterocycles. The first kappa shape index (κ1) is 13.5. The lowest BCUT2D eigenvalue weighted by Gasteiger charge is -2.36. The third kappa shape index (κ3) is 2.75. The Morgan fingerprint density at radius 2 is 1.89 bits per heavy atom. The topological polar surface area (TPSA) is 58.8 Å². The summed E-state index contributed by atoms with van der Waals surface area (Å²) in [5, 5.41) is 0. The molecule has 0 unspecified atom stereocenters. The van der Waals surface area contributed by atoms with Crippen LogP contribution >= 0.6 is 0 Å². The van der Waals surface area contributed by atoms with E-state index in [2.05, 4.69) is 11.0 Å². The molecule has 5 heteroatoms. The van der Waals surface area contributed by atoms with Crippen LogP contribution in [0.15, 0.2) is 12.1 Å². The van der Waals surface area contributed by atoms with Gasteiger partial charge in [-0.15, -0.1) is 0 Å². The van der Waals surface area contributed by atoms with Crippen LogP contribution in [-0.4, -0.2) is 44.1 Å². The van der Waals surface area contributed by atoms with Crippen molar-refractivity contribution in [3.8, 4) is 5.75 Å². The normalized spacial score (nSPS) is 15.5. The average molecular weight is 263 g/mol. The second kappa shape index (κ2) is 5.38. The number of rotatable bonds is 2. The summed E-state index contributed by atoms with van der Waals surface area (Å²) in [6.45, 7) is 6.81. The maximum Gasteiger partial charge on any atom is 0.219 e. The maximum atomic E-state index is 11.3. The first-order chi connectivity index (χ1) is 9.02. The molecule has 1 amide bonds. The first-order valence-corrected chi connectivity index (χ1v) is 6.47. The molecule has 0 spiro atoms. The lowest BCUT2D eigenvalue weighted by Crippen LogP contribution is -2.48. The van der Waals surface area contributed by atoms with Crippen molar-refractivity contribution >= 4 is 17.3 Å². The molecule has 0 bridgehead atoms. The molecule has 0 aliphatic carbocycles. The number of carbonyl (C=O) groups excluding carboxylic acids is 1. The Morgan fingerprint density at radius 1 is 1.26 bits per heavy atom. The second-order valence-corrected chi connectivity index (χ2v) is 4.87. The van der Waals surface area contributed by atoms with E-state index in [-0.39, 0.29) is 5.91 Å². The van der Waals surface area contributed by atoms with E-state index in [1.165, 1.54) is 0 Å². The van der Waals surface area contributed by atoms with Crippen molar-refractivity contribution in [2.75, 3.05) is 43.9 Å². The monoisotopic (exact) mass is 263 g/mol. The summed E-state index contributed by atoms with van der Waals surface area (Å²) in [6.07, 6.45) is 0. The van der Waals surface area contributed by atoms with E-state index in [0.717, 1.165) is 37.4 Å². The summed E-state index contributed by atoms with van der Waals surface area (Å²) in [4.78, 5) is 15.4. The molecular formula is C14H21N3O2. The number of hydrogen-bond donors (Lipinski definition) is 1. The molecule has 0 saturated carbocycles. The molecular weight excluding hydrogens is 242 g/mol. The van der Waals surface area contributed by atoms with Gasteiger partial charge in [0.2, 0.25) is 5.91 Å². The van der Waals surface area contributed by atoms with Crippen molar-refractivity contribution in [3.63, 3.8) is 0 Å². The lowest BCUT2D eigenvalue weighted by molar-refractivity contribution is -0.129.